The van der Waals surface area contributed by atoms with E-state index in [9.17, 15) is 4.79 Å². The third-order valence-corrected chi connectivity index (χ3v) is 1.71. The number of hydrogen-bond donors (Lipinski definition) is 0. The second-order valence-electron chi connectivity index (χ2n) is 2.84. The molecular weight excluding hydrogens is 176 g/mol. The molecule has 0 atom stereocenters. The minimum atomic E-state index is 0.690. The summed E-state index contributed by atoms with van der Waals surface area (Å²) in [5.74, 6) is 0.806. The van der Waals surface area contributed by atoms with E-state index in [4.69, 9.17) is 4.74 Å². The average molecular weight is 189 g/mol. The van der Waals surface area contributed by atoms with Crippen molar-refractivity contribution >= 4 is 12.4 Å². The number of rotatable bonds is 5. The highest BCUT2D eigenvalue weighted by Gasteiger charge is 1.97. The summed E-state index contributed by atoms with van der Waals surface area (Å²) in [5, 5.41) is 0. The van der Waals surface area contributed by atoms with Crippen LogP contribution in [-0.2, 0) is 4.79 Å². The van der Waals surface area contributed by atoms with Crippen molar-refractivity contribution in [2.24, 2.45) is 0 Å². The molecule has 0 saturated heterocycles. The molecular formula is C12H13O2. The minimum Gasteiger partial charge on any atom is -0.493 e. The molecule has 1 aromatic rings. The molecule has 0 unspecified atom stereocenters. The monoisotopic (exact) mass is 189 g/mol. The fourth-order valence-corrected chi connectivity index (χ4v) is 1.09. The van der Waals surface area contributed by atoms with Crippen molar-refractivity contribution in [2.75, 3.05) is 6.61 Å². The molecule has 0 amide bonds. The van der Waals surface area contributed by atoms with Crippen molar-refractivity contribution in [1.29, 1.82) is 0 Å². The SMILES string of the molecule is CCCOc1ccccc1C=C[C]=O. The number of para-hydroxylation sites is 1. The van der Waals surface area contributed by atoms with Gasteiger partial charge < -0.3 is 4.74 Å². The molecule has 0 bridgehead atoms. The highest BCUT2D eigenvalue weighted by atomic mass is 16.5. The zero-order valence-corrected chi connectivity index (χ0v) is 8.19. The Morgan fingerprint density at radius 1 is 1.43 bits per heavy atom. The largest absolute Gasteiger partial charge is 0.493 e. The Bertz CT molecular complexity index is 316. The van der Waals surface area contributed by atoms with Gasteiger partial charge in [-0.15, -0.1) is 0 Å². The Balaban J connectivity index is 2.79. The van der Waals surface area contributed by atoms with E-state index >= 15 is 0 Å². The van der Waals surface area contributed by atoms with Gasteiger partial charge in [-0.3, -0.25) is 4.79 Å². The molecule has 1 aromatic carbocycles. The van der Waals surface area contributed by atoms with Gasteiger partial charge in [-0.25, -0.2) is 0 Å². The highest BCUT2D eigenvalue weighted by molar-refractivity contribution is 5.75. The van der Waals surface area contributed by atoms with E-state index < -0.39 is 0 Å². The van der Waals surface area contributed by atoms with E-state index in [1.165, 1.54) is 6.08 Å². The normalized spacial score (nSPS) is 10.4. The molecule has 73 valence electrons. The van der Waals surface area contributed by atoms with Gasteiger partial charge in [-0.2, -0.15) is 0 Å². The van der Waals surface area contributed by atoms with Gasteiger partial charge in [0.1, 0.15) is 5.75 Å². The number of allylic oxidation sites excluding steroid dienone is 1. The lowest BCUT2D eigenvalue weighted by Gasteiger charge is -2.06. The Hall–Kier alpha value is -1.57. The summed E-state index contributed by atoms with van der Waals surface area (Å²) < 4.78 is 5.50. The zero-order chi connectivity index (χ0) is 10.2. The summed E-state index contributed by atoms with van der Waals surface area (Å²) in [6.07, 6.45) is 5.72. The first-order valence-corrected chi connectivity index (χ1v) is 4.64. The van der Waals surface area contributed by atoms with Crippen LogP contribution in [0.2, 0.25) is 0 Å². The standard InChI is InChI=1S/C12H13O2/c1-2-10-14-12-8-4-3-6-11(12)7-5-9-13/h3-8H,2,10H2,1H3. The first-order valence-electron chi connectivity index (χ1n) is 4.64. The smallest absolute Gasteiger partial charge is 0.225 e. The van der Waals surface area contributed by atoms with Crippen LogP contribution in [0, 0.1) is 0 Å². The van der Waals surface area contributed by atoms with Crippen LogP contribution in [0.25, 0.3) is 6.08 Å². The maximum atomic E-state index is 10.1. The van der Waals surface area contributed by atoms with E-state index in [1.807, 2.05) is 24.3 Å². The second-order valence-corrected chi connectivity index (χ2v) is 2.84. The van der Waals surface area contributed by atoms with Gasteiger partial charge in [0, 0.05) is 5.56 Å². The van der Waals surface area contributed by atoms with Gasteiger partial charge in [-0.1, -0.05) is 25.1 Å². The molecule has 0 aliphatic carbocycles. The van der Waals surface area contributed by atoms with Crippen molar-refractivity contribution in [3.63, 3.8) is 0 Å². The summed E-state index contributed by atoms with van der Waals surface area (Å²) in [4.78, 5) is 10.1. The van der Waals surface area contributed by atoms with Crippen molar-refractivity contribution in [3.8, 4) is 5.75 Å². The predicted molar refractivity (Wildman–Crippen MR) is 57.0 cm³/mol. The summed E-state index contributed by atoms with van der Waals surface area (Å²) in [6, 6.07) is 7.61. The minimum absolute atomic E-state index is 0.690. The van der Waals surface area contributed by atoms with Crippen molar-refractivity contribution in [2.45, 2.75) is 13.3 Å². The molecule has 1 rings (SSSR count). The van der Waals surface area contributed by atoms with E-state index in [-0.39, 0.29) is 0 Å². The summed E-state index contributed by atoms with van der Waals surface area (Å²) in [6.45, 7) is 2.74. The Labute approximate surface area is 84.2 Å². The molecule has 0 N–H and O–H groups in total. The number of ether oxygens (including phenoxy) is 1. The number of benzene rings is 1. The Kier molecular flexibility index (Phi) is 4.48. The van der Waals surface area contributed by atoms with Gasteiger partial charge in [0.15, 0.2) is 0 Å². The van der Waals surface area contributed by atoms with E-state index in [0.717, 1.165) is 17.7 Å². The summed E-state index contributed by atoms with van der Waals surface area (Å²) >= 11 is 0. The molecule has 0 fully saturated rings. The van der Waals surface area contributed by atoms with Crippen LogP contribution in [0.1, 0.15) is 18.9 Å². The van der Waals surface area contributed by atoms with Crippen LogP contribution in [0.5, 0.6) is 5.75 Å². The molecule has 0 heterocycles. The lowest BCUT2D eigenvalue weighted by Crippen LogP contribution is -1.96. The van der Waals surface area contributed by atoms with Crippen molar-refractivity contribution in [3.05, 3.63) is 35.9 Å². The highest BCUT2D eigenvalue weighted by Crippen LogP contribution is 2.19. The van der Waals surface area contributed by atoms with Crippen LogP contribution < -0.4 is 4.74 Å². The average Bonchev–Trinajstić information content (AvgIpc) is 2.24. The van der Waals surface area contributed by atoms with E-state index in [0.29, 0.717) is 6.61 Å². The summed E-state index contributed by atoms with van der Waals surface area (Å²) in [5.41, 5.74) is 0.907. The van der Waals surface area contributed by atoms with Gasteiger partial charge in [0.2, 0.25) is 6.29 Å². The molecule has 1 radical (unpaired) electrons. The first-order chi connectivity index (χ1) is 6.88. The zero-order valence-electron chi connectivity index (χ0n) is 8.19. The molecule has 0 aliphatic rings. The topological polar surface area (TPSA) is 26.3 Å². The Morgan fingerprint density at radius 2 is 2.21 bits per heavy atom. The molecule has 2 heteroatoms. The van der Waals surface area contributed by atoms with Gasteiger partial charge >= 0.3 is 0 Å². The van der Waals surface area contributed by atoms with Crippen LogP contribution >= 0.6 is 0 Å². The Morgan fingerprint density at radius 3 is 2.93 bits per heavy atom. The van der Waals surface area contributed by atoms with Crippen LogP contribution in [-0.4, -0.2) is 12.9 Å². The summed E-state index contributed by atoms with van der Waals surface area (Å²) in [7, 11) is 0. The lowest BCUT2D eigenvalue weighted by molar-refractivity contribution is 0.317. The third kappa shape index (κ3) is 3.05. The molecule has 0 spiro atoms. The van der Waals surface area contributed by atoms with Crippen molar-refractivity contribution in [1.82, 2.24) is 0 Å². The maximum Gasteiger partial charge on any atom is 0.225 e. The lowest BCUT2D eigenvalue weighted by atomic mass is 10.2. The fourth-order valence-electron chi connectivity index (χ4n) is 1.09. The second kappa shape index (κ2) is 5.97. The first kappa shape index (κ1) is 10.5. The number of hydrogen-bond acceptors (Lipinski definition) is 2. The molecule has 2 nitrogen and oxygen atoms in total. The van der Waals surface area contributed by atoms with Gasteiger partial charge in [0.05, 0.1) is 6.61 Å². The van der Waals surface area contributed by atoms with E-state index in [1.54, 1.807) is 12.4 Å². The molecule has 14 heavy (non-hydrogen) atoms. The van der Waals surface area contributed by atoms with Crippen LogP contribution in [0.4, 0.5) is 0 Å². The van der Waals surface area contributed by atoms with Crippen LogP contribution in [0.3, 0.4) is 0 Å². The quantitative estimate of drug-likeness (QED) is 0.665. The fraction of sp³-hybridized carbons (Fsp3) is 0.250. The third-order valence-electron chi connectivity index (χ3n) is 1.71. The predicted octanol–water partition coefficient (Wildman–Crippen LogP) is 2.60. The van der Waals surface area contributed by atoms with Crippen molar-refractivity contribution < 1.29 is 9.53 Å². The van der Waals surface area contributed by atoms with Gasteiger partial charge in [0.25, 0.3) is 0 Å². The molecule has 0 aliphatic heterocycles. The van der Waals surface area contributed by atoms with Gasteiger partial charge in [-0.05, 0) is 24.6 Å². The number of carbonyl (C=O) groups excluding carboxylic acids is 1. The molecule has 0 aromatic heterocycles. The maximum absolute atomic E-state index is 10.1. The van der Waals surface area contributed by atoms with E-state index in [2.05, 4.69) is 6.92 Å². The van der Waals surface area contributed by atoms with Crippen LogP contribution in [0.15, 0.2) is 30.3 Å². The molecule has 0 saturated carbocycles.